The number of benzene rings is 9. The van der Waals surface area contributed by atoms with Crippen LogP contribution in [0.2, 0.25) is 0 Å². The van der Waals surface area contributed by atoms with Crippen LogP contribution in [0.25, 0.3) is 78.6 Å². The van der Waals surface area contributed by atoms with Crippen LogP contribution >= 0.6 is 0 Å². The van der Waals surface area contributed by atoms with Crippen LogP contribution in [0.4, 0.5) is 11.4 Å². The number of allylic oxidation sites excluding steroid dienone is 4. The second-order valence-electron chi connectivity index (χ2n) is 21.4. The number of rotatable bonds is 6. The first kappa shape index (κ1) is 41.7. The quantitative estimate of drug-likeness (QED) is 0.151. The molecule has 0 spiro atoms. The van der Waals surface area contributed by atoms with E-state index in [4.69, 9.17) is 0 Å². The van der Waals surface area contributed by atoms with Gasteiger partial charge in [0.25, 0.3) is 0 Å². The summed E-state index contributed by atoms with van der Waals surface area (Å²) in [7, 11) is 0. The molecule has 1 aromatic heterocycles. The van der Waals surface area contributed by atoms with Crippen LogP contribution in [0.3, 0.4) is 0 Å². The van der Waals surface area contributed by atoms with Gasteiger partial charge in [-0.3, -0.25) is 0 Å². The van der Waals surface area contributed by atoms with Crippen LogP contribution < -0.4 is 4.90 Å². The van der Waals surface area contributed by atoms with Gasteiger partial charge in [0.1, 0.15) is 0 Å². The van der Waals surface area contributed by atoms with Crippen molar-refractivity contribution in [3.8, 4) is 39.1 Å². The van der Waals surface area contributed by atoms with E-state index in [2.05, 4.69) is 263 Å². The molecule has 0 bridgehead atoms. The lowest BCUT2D eigenvalue weighted by molar-refractivity contribution is 0.652. The van der Waals surface area contributed by atoms with Gasteiger partial charge < -0.3 is 9.47 Å². The largest absolute Gasteiger partial charge is 0.313 e. The Bertz CT molecular complexity index is 3950. The van der Waals surface area contributed by atoms with Crippen LogP contribution in [0.1, 0.15) is 90.1 Å². The molecule has 9 aromatic carbocycles. The number of nitrogens with zero attached hydrogens (tertiary/aromatic N) is 2. The molecular weight excluding hydrogens is 857 g/mol. The number of anilines is 2. The van der Waals surface area contributed by atoms with Crippen molar-refractivity contribution in [3.05, 3.63) is 262 Å². The van der Waals surface area contributed by atoms with Gasteiger partial charge in [0.2, 0.25) is 0 Å². The summed E-state index contributed by atoms with van der Waals surface area (Å²) in [6.45, 7) is 11.8. The van der Waals surface area contributed by atoms with Crippen molar-refractivity contribution in [1.82, 2.24) is 4.57 Å². The van der Waals surface area contributed by atoms with Crippen LogP contribution in [0, 0.1) is 6.92 Å². The topological polar surface area (TPSA) is 8.17 Å². The molecule has 0 saturated carbocycles. The third-order valence-electron chi connectivity index (χ3n) is 16.6. The number of para-hydroxylation sites is 3. The molecule has 71 heavy (non-hydrogen) atoms. The Balaban J connectivity index is 0.730. The summed E-state index contributed by atoms with van der Waals surface area (Å²) in [5, 5.41) is 2.56. The molecule has 0 N–H and O–H groups in total. The second kappa shape index (κ2) is 15.4. The van der Waals surface area contributed by atoms with Crippen molar-refractivity contribution < 1.29 is 0 Å². The molecule has 10 aromatic rings. The lowest BCUT2D eigenvalue weighted by Gasteiger charge is -2.26. The van der Waals surface area contributed by atoms with E-state index in [1.165, 1.54) is 134 Å². The Morgan fingerprint density at radius 3 is 1.82 bits per heavy atom. The normalized spacial score (nSPS) is 16.6. The van der Waals surface area contributed by atoms with Crippen LogP contribution in [-0.2, 0) is 10.8 Å². The van der Waals surface area contributed by atoms with Crippen molar-refractivity contribution in [2.75, 3.05) is 4.90 Å². The minimum absolute atomic E-state index is 0.134. The van der Waals surface area contributed by atoms with Gasteiger partial charge in [-0.05, 0) is 170 Å². The molecule has 340 valence electrons. The smallest absolute Gasteiger partial charge is 0.0541 e. The standard InChI is InChI=1S/C69H54N2/c1-43-19-31-51(32-20-43)71-65-18-12-10-16-55(65)59-39-48(30-36-67(59)71)49-28-34-53-57-42-62-56(41-63(57)69(4,5)61(53)40-49)52-33-25-45(37-60(52)68(62,2)3)22-21-44-23-26-46(27-24-44)47-29-35-66-58(38-47)54-15-9-11-17-64(54)70(66)50-13-7-6-8-14-50/h6-37,39-42,58H,38H2,1-5H3/b22-21+. The first-order valence-electron chi connectivity index (χ1n) is 25.3. The van der Waals surface area contributed by atoms with E-state index in [0.29, 0.717) is 5.92 Å². The van der Waals surface area contributed by atoms with Crippen LogP contribution in [0.15, 0.2) is 212 Å². The summed E-state index contributed by atoms with van der Waals surface area (Å²) in [5.41, 5.74) is 28.6. The van der Waals surface area contributed by atoms with E-state index >= 15 is 0 Å². The van der Waals surface area contributed by atoms with Crippen molar-refractivity contribution in [3.63, 3.8) is 0 Å². The maximum absolute atomic E-state index is 2.53. The second-order valence-corrected chi connectivity index (χ2v) is 21.4. The van der Waals surface area contributed by atoms with Crippen LogP contribution in [0.5, 0.6) is 0 Å². The summed E-state index contributed by atoms with van der Waals surface area (Å²) in [6.07, 6.45) is 10.2. The van der Waals surface area contributed by atoms with E-state index in [9.17, 15) is 0 Å². The van der Waals surface area contributed by atoms with Gasteiger partial charge >= 0.3 is 0 Å². The lowest BCUT2D eigenvalue weighted by Crippen LogP contribution is -2.17. The highest BCUT2D eigenvalue weighted by molar-refractivity contribution is 6.10. The van der Waals surface area contributed by atoms with Gasteiger partial charge in [-0.15, -0.1) is 0 Å². The average Bonchev–Trinajstić information content (AvgIpc) is 4.06. The summed E-state index contributed by atoms with van der Waals surface area (Å²) in [5.74, 6) is 0.344. The predicted molar refractivity (Wildman–Crippen MR) is 300 cm³/mol. The molecule has 3 aliphatic carbocycles. The van der Waals surface area contributed by atoms with E-state index in [0.717, 1.165) is 6.42 Å². The Labute approximate surface area is 417 Å². The summed E-state index contributed by atoms with van der Waals surface area (Å²) < 4.78 is 2.41. The molecular formula is C69H54N2. The fraction of sp³-hybridized carbons (Fsp3) is 0.130. The third kappa shape index (κ3) is 6.33. The molecule has 0 amide bonds. The molecule has 14 rings (SSSR count). The maximum atomic E-state index is 2.53. The summed E-state index contributed by atoms with van der Waals surface area (Å²) in [6, 6.07) is 72.9. The molecule has 0 saturated heterocycles. The molecule has 1 atom stereocenters. The number of hydrogen-bond acceptors (Lipinski definition) is 1. The molecule has 4 aliphatic rings. The molecule has 1 unspecified atom stereocenters. The predicted octanol–water partition coefficient (Wildman–Crippen LogP) is 18.1. The minimum atomic E-state index is -0.148. The van der Waals surface area contributed by atoms with Gasteiger partial charge in [-0.2, -0.15) is 0 Å². The SMILES string of the molecule is Cc1ccc(-n2c3ccccc3c3cc(-c4ccc5c(c4)C(C)(C)c4cc6c(cc4-5)C(C)(C)c4cc(/C=C/c5ccc(C7=CC=C8C(C7)c7ccccc7N8c7ccccc7)cc5)ccc4-6)ccc32)cc1. The monoisotopic (exact) mass is 910 g/mol. The molecule has 1 aliphatic heterocycles. The maximum Gasteiger partial charge on any atom is 0.0541 e. The first-order valence-corrected chi connectivity index (χ1v) is 25.3. The lowest BCUT2D eigenvalue weighted by atomic mass is 9.79. The van der Waals surface area contributed by atoms with Crippen molar-refractivity contribution in [2.45, 2.75) is 57.8 Å². The van der Waals surface area contributed by atoms with Gasteiger partial charge in [0.05, 0.1) is 11.0 Å². The van der Waals surface area contributed by atoms with Gasteiger partial charge in [-0.25, -0.2) is 0 Å². The highest BCUT2D eigenvalue weighted by Crippen LogP contribution is 2.57. The fourth-order valence-corrected chi connectivity index (χ4v) is 12.8. The van der Waals surface area contributed by atoms with E-state index in [1.54, 1.807) is 0 Å². The van der Waals surface area contributed by atoms with Crippen LogP contribution in [-0.4, -0.2) is 4.57 Å². The summed E-state index contributed by atoms with van der Waals surface area (Å²) >= 11 is 0. The molecule has 2 heterocycles. The summed E-state index contributed by atoms with van der Waals surface area (Å²) in [4.78, 5) is 2.44. The minimum Gasteiger partial charge on any atom is -0.313 e. The highest BCUT2D eigenvalue weighted by atomic mass is 15.2. The zero-order valence-corrected chi connectivity index (χ0v) is 41.0. The van der Waals surface area contributed by atoms with Gasteiger partial charge in [0.15, 0.2) is 0 Å². The zero-order chi connectivity index (χ0) is 47.8. The van der Waals surface area contributed by atoms with Crippen molar-refractivity contribution in [1.29, 1.82) is 0 Å². The molecule has 0 fully saturated rings. The fourth-order valence-electron chi connectivity index (χ4n) is 12.8. The van der Waals surface area contributed by atoms with Gasteiger partial charge in [-0.1, -0.05) is 179 Å². The number of fused-ring (bicyclic) bond motifs is 12. The first-order chi connectivity index (χ1) is 34.6. The third-order valence-corrected chi connectivity index (χ3v) is 16.6. The average molecular weight is 911 g/mol. The highest BCUT2D eigenvalue weighted by Gasteiger charge is 2.42. The van der Waals surface area contributed by atoms with Crippen molar-refractivity contribution in [2.24, 2.45) is 0 Å². The van der Waals surface area contributed by atoms with E-state index in [-0.39, 0.29) is 10.8 Å². The number of aryl methyl sites for hydroxylation is 1. The van der Waals surface area contributed by atoms with E-state index < -0.39 is 0 Å². The van der Waals surface area contributed by atoms with Gasteiger partial charge in [0, 0.05) is 50.3 Å². The van der Waals surface area contributed by atoms with Crippen molar-refractivity contribution >= 4 is 50.9 Å². The Morgan fingerprint density at radius 1 is 0.451 bits per heavy atom. The molecule has 2 heteroatoms. The molecule has 0 radical (unpaired) electrons. The number of aromatic nitrogens is 1. The number of hydrogen-bond donors (Lipinski definition) is 0. The Morgan fingerprint density at radius 2 is 1.04 bits per heavy atom. The molecule has 2 nitrogen and oxygen atoms in total. The Hall–Kier alpha value is -8.20. The van der Waals surface area contributed by atoms with E-state index in [1.807, 2.05) is 0 Å². The Kier molecular flexibility index (Phi) is 9.05. The zero-order valence-electron chi connectivity index (χ0n) is 41.0.